The summed E-state index contributed by atoms with van der Waals surface area (Å²) in [7, 11) is 0. The minimum atomic E-state index is 0.172. The van der Waals surface area contributed by atoms with E-state index in [0.717, 1.165) is 61.5 Å². The molecule has 2 aliphatic heterocycles. The number of carbonyl (C=O) groups excluding carboxylic acids is 1. The van der Waals surface area contributed by atoms with E-state index in [1.165, 1.54) is 5.56 Å². The van der Waals surface area contributed by atoms with Crippen molar-refractivity contribution in [3.05, 3.63) is 22.2 Å². The molecule has 0 atom stereocenters. The van der Waals surface area contributed by atoms with Crippen molar-refractivity contribution in [2.45, 2.75) is 25.4 Å². The Kier molecular flexibility index (Phi) is 5.15. The summed E-state index contributed by atoms with van der Waals surface area (Å²) in [6, 6.07) is 4.53. The van der Waals surface area contributed by atoms with Crippen LogP contribution in [0.4, 0.5) is 0 Å². The van der Waals surface area contributed by atoms with Crippen molar-refractivity contribution in [1.29, 1.82) is 0 Å². The molecule has 0 bridgehead atoms. The van der Waals surface area contributed by atoms with Crippen LogP contribution in [-0.2, 0) is 11.3 Å². The fourth-order valence-corrected chi connectivity index (χ4v) is 3.73. The maximum Gasteiger partial charge on any atom is 0.234 e. The molecule has 2 fully saturated rings. The number of amides is 1. The fourth-order valence-electron chi connectivity index (χ4n) is 3.28. The number of benzene rings is 1. The summed E-state index contributed by atoms with van der Waals surface area (Å²) < 4.78 is 12.4. The molecule has 6 nitrogen and oxygen atoms in total. The molecule has 0 unspecified atom stereocenters. The maximum absolute atomic E-state index is 11.9. The molecular formula is C18H24BrN3O3. The van der Waals surface area contributed by atoms with Gasteiger partial charge in [0, 0.05) is 43.2 Å². The number of ether oxygens (including phenoxy) is 2. The smallest absolute Gasteiger partial charge is 0.234 e. The maximum atomic E-state index is 11.9. The molecule has 0 spiro atoms. The minimum absolute atomic E-state index is 0.172. The molecule has 1 saturated carbocycles. The summed E-state index contributed by atoms with van der Waals surface area (Å²) in [4.78, 5) is 16.6. The van der Waals surface area contributed by atoms with E-state index in [2.05, 4.69) is 37.1 Å². The van der Waals surface area contributed by atoms with Crippen LogP contribution < -0.4 is 14.8 Å². The van der Waals surface area contributed by atoms with E-state index in [1.54, 1.807) is 0 Å². The zero-order valence-electron chi connectivity index (χ0n) is 14.3. The molecule has 4 rings (SSSR count). The van der Waals surface area contributed by atoms with Gasteiger partial charge in [0.1, 0.15) is 13.2 Å². The van der Waals surface area contributed by atoms with Crippen LogP contribution in [-0.4, -0.2) is 67.7 Å². The molecule has 0 radical (unpaired) electrons. The molecule has 1 aliphatic carbocycles. The number of hydrogen-bond donors (Lipinski definition) is 1. The number of fused-ring (bicyclic) bond motifs is 1. The van der Waals surface area contributed by atoms with Crippen molar-refractivity contribution in [3.8, 4) is 11.5 Å². The van der Waals surface area contributed by atoms with Gasteiger partial charge in [-0.2, -0.15) is 0 Å². The third-order valence-corrected chi connectivity index (χ3v) is 5.62. The molecule has 25 heavy (non-hydrogen) atoms. The number of rotatable bonds is 5. The van der Waals surface area contributed by atoms with Gasteiger partial charge < -0.3 is 14.8 Å². The molecule has 136 valence electrons. The van der Waals surface area contributed by atoms with Gasteiger partial charge in [0.2, 0.25) is 5.91 Å². The standard InChI is InChI=1S/C18H24BrN3O3/c19-15-10-17-16(24-7-8-25-17)9-13(15)11-21-3-5-22(6-4-21)12-18(23)20-14-1-2-14/h9-10,14H,1-8,11-12H2,(H,20,23). The Morgan fingerprint density at radius 1 is 1.08 bits per heavy atom. The van der Waals surface area contributed by atoms with Crippen LogP contribution >= 0.6 is 15.9 Å². The Balaban J connectivity index is 1.29. The molecule has 1 N–H and O–H groups in total. The Hall–Kier alpha value is -1.31. The van der Waals surface area contributed by atoms with Crippen molar-refractivity contribution < 1.29 is 14.3 Å². The van der Waals surface area contributed by atoms with Gasteiger partial charge in [-0.25, -0.2) is 0 Å². The highest BCUT2D eigenvalue weighted by molar-refractivity contribution is 9.10. The Morgan fingerprint density at radius 2 is 1.72 bits per heavy atom. The second-order valence-corrected chi connectivity index (χ2v) is 7.84. The molecule has 1 saturated heterocycles. The second kappa shape index (κ2) is 7.51. The third kappa shape index (κ3) is 4.46. The van der Waals surface area contributed by atoms with Gasteiger partial charge in [-0.05, 0) is 30.5 Å². The predicted molar refractivity (Wildman–Crippen MR) is 98.0 cm³/mol. The first kappa shape index (κ1) is 17.1. The van der Waals surface area contributed by atoms with E-state index in [0.29, 0.717) is 25.8 Å². The largest absolute Gasteiger partial charge is 0.486 e. The van der Waals surface area contributed by atoms with E-state index in [4.69, 9.17) is 9.47 Å². The molecule has 1 aromatic rings. The molecular weight excluding hydrogens is 386 g/mol. The SMILES string of the molecule is O=C(CN1CCN(Cc2cc3c(cc2Br)OCCO3)CC1)NC1CC1. The third-order valence-electron chi connectivity index (χ3n) is 4.88. The highest BCUT2D eigenvalue weighted by Crippen LogP contribution is 2.36. The second-order valence-electron chi connectivity index (χ2n) is 6.98. The first-order valence-electron chi connectivity index (χ1n) is 8.99. The lowest BCUT2D eigenvalue weighted by Gasteiger charge is -2.34. The monoisotopic (exact) mass is 409 g/mol. The van der Waals surface area contributed by atoms with Crippen LogP contribution in [0.3, 0.4) is 0 Å². The number of nitrogens with zero attached hydrogens (tertiary/aromatic N) is 2. The summed E-state index contributed by atoms with van der Waals surface area (Å²) >= 11 is 3.65. The minimum Gasteiger partial charge on any atom is -0.486 e. The molecule has 1 amide bonds. The van der Waals surface area contributed by atoms with Crippen LogP contribution in [0.15, 0.2) is 16.6 Å². The highest BCUT2D eigenvalue weighted by Gasteiger charge is 2.25. The molecule has 0 aromatic heterocycles. The van der Waals surface area contributed by atoms with Gasteiger partial charge in [0.15, 0.2) is 11.5 Å². The average Bonchev–Trinajstić information content (AvgIpc) is 3.41. The van der Waals surface area contributed by atoms with Crippen molar-refractivity contribution in [2.24, 2.45) is 0 Å². The van der Waals surface area contributed by atoms with E-state index in [-0.39, 0.29) is 5.91 Å². The molecule has 1 aromatic carbocycles. The number of halogens is 1. The lowest BCUT2D eigenvalue weighted by Crippen LogP contribution is -2.49. The molecule has 7 heteroatoms. The fraction of sp³-hybridized carbons (Fsp3) is 0.611. The van der Waals surface area contributed by atoms with Gasteiger partial charge in [-0.3, -0.25) is 14.6 Å². The topological polar surface area (TPSA) is 54.0 Å². The van der Waals surface area contributed by atoms with Crippen LogP contribution in [0.1, 0.15) is 18.4 Å². The average molecular weight is 410 g/mol. The van der Waals surface area contributed by atoms with Crippen LogP contribution in [0, 0.1) is 0 Å². The zero-order valence-corrected chi connectivity index (χ0v) is 15.9. The normalized spacial score (nSPS) is 21.2. The predicted octanol–water partition coefficient (Wildman–Crippen LogP) is 1.62. The Bertz CT molecular complexity index is 643. The van der Waals surface area contributed by atoms with Gasteiger partial charge in [-0.15, -0.1) is 0 Å². The van der Waals surface area contributed by atoms with Gasteiger partial charge in [-0.1, -0.05) is 15.9 Å². The first-order valence-corrected chi connectivity index (χ1v) is 9.79. The van der Waals surface area contributed by atoms with Crippen LogP contribution in [0.5, 0.6) is 11.5 Å². The van der Waals surface area contributed by atoms with Gasteiger partial charge in [0.05, 0.1) is 6.54 Å². The summed E-state index contributed by atoms with van der Waals surface area (Å²) in [5, 5.41) is 3.06. The summed E-state index contributed by atoms with van der Waals surface area (Å²) in [6.07, 6.45) is 2.29. The summed E-state index contributed by atoms with van der Waals surface area (Å²) in [5.74, 6) is 1.82. The lowest BCUT2D eigenvalue weighted by molar-refractivity contribution is -0.122. The van der Waals surface area contributed by atoms with E-state index < -0.39 is 0 Å². The van der Waals surface area contributed by atoms with Crippen LogP contribution in [0.25, 0.3) is 0 Å². The number of piperazine rings is 1. The molecule has 3 aliphatic rings. The van der Waals surface area contributed by atoms with Gasteiger partial charge >= 0.3 is 0 Å². The van der Waals surface area contributed by atoms with Crippen molar-refractivity contribution in [2.75, 3.05) is 45.9 Å². The van der Waals surface area contributed by atoms with Crippen molar-refractivity contribution in [1.82, 2.24) is 15.1 Å². The number of nitrogens with one attached hydrogen (secondary N) is 1. The summed E-state index contributed by atoms with van der Waals surface area (Å²) in [6.45, 7) is 6.41. The van der Waals surface area contributed by atoms with Gasteiger partial charge in [0.25, 0.3) is 0 Å². The Labute approximate surface area is 156 Å². The number of carbonyl (C=O) groups is 1. The Morgan fingerprint density at radius 3 is 2.40 bits per heavy atom. The quantitative estimate of drug-likeness (QED) is 0.800. The van der Waals surface area contributed by atoms with Crippen LogP contribution in [0.2, 0.25) is 0 Å². The van der Waals surface area contributed by atoms with Crippen molar-refractivity contribution in [3.63, 3.8) is 0 Å². The van der Waals surface area contributed by atoms with Crippen molar-refractivity contribution >= 4 is 21.8 Å². The first-order chi connectivity index (χ1) is 12.2. The summed E-state index contributed by atoms with van der Waals surface area (Å²) in [5.41, 5.74) is 1.21. The van der Waals surface area contributed by atoms with E-state index >= 15 is 0 Å². The highest BCUT2D eigenvalue weighted by atomic mass is 79.9. The number of hydrogen-bond acceptors (Lipinski definition) is 5. The van der Waals surface area contributed by atoms with E-state index in [1.807, 2.05) is 6.07 Å². The zero-order chi connectivity index (χ0) is 17.2. The van der Waals surface area contributed by atoms with E-state index in [9.17, 15) is 4.79 Å². The molecule has 2 heterocycles. The lowest BCUT2D eigenvalue weighted by atomic mass is 10.1.